The van der Waals surface area contributed by atoms with Gasteiger partial charge in [-0.2, -0.15) is 4.98 Å². The molecule has 0 radical (unpaired) electrons. The molecule has 26 heavy (non-hydrogen) atoms. The highest BCUT2D eigenvalue weighted by molar-refractivity contribution is 6.42. The van der Waals surface area contributed by atoms with Crippen molar-refractivity contribution in [3.8, 4) is 11.4 Å². The highest BCUT2D eigenvalue weighted by atomic mass is 35.5. The van der Waals surface area contributed by atoms with E-state index in [0.29, 0.717) is 34.7 Å². The van der Waals surface area contributed by atoms with Crippen molar-refractivity contribution in [2.45, 2.75) is 19.4 Å². The number of aromatic nitrogens is 3. The molecule has 0 atom stereocenters. The number of nitrogens with zero attached hydrogens (tertiary/aromatic N) is 4. The number of hydrogen-bond acceptors (Lipinski definition) is 5. The van der Waals surface area contributed by atoms with Gasteiger partial charge in [-0.15, -0.1) is 0 Å². The smallest absolute Gasteiger partial charge is 0.227 e. The Labute approximate surface area is 160 Å². The highest BCUT2D eigenvalue weighted by Gasteiger charge is 2.15. The van der Waals surface area contributed by atoms with Crippen molar-refractivity contribution < 1.29 is 9.32 Å². The fourth-order valence-corrected chi connectivity index (χ4v) is 2.77. The predicted molar refractivity (Wildman–Crippen MR) is 98.8 cm³/mol. The second-order valence-electron chi connectivity index (χ2n) is 5.72. The third kappa shape index (κ3) is 4.39. The zero-order chi connectivity index (χ0) is 18.5. The van der Waals surface area contributed by atoms with E-state index in [9.17, 15) is 4.79 Å². The Morgan fingerprint density at radius 3 is 2.85 bits per heavy atom. The lowest BCUT2D eigenvalue weighted by Crippen LogP contribution is -2.26. The van der Waals surface area contributed by atoms with Crippen molar-refractivity contribution in [1.29, 1.82) is 0 Å². The SMILES string of the molecule is CN(Cc1cccc(Cl)c1Cl)C(=O)CCc1nc(-c2cccnc2)no1. The van der Waals surface area contributed by atoms with E-state index in [1.807, 2.05) is 12.1 Å². The number of aryl methyl sites for hydroxylation is 1. The van der Waals surface area contributed by atoms with Crippen molar-refractivity contribution in [1.82, 2.24) is 20.0 Å². The first-order chi connectivity index (χ1) is 12.5. The summed E-state index contributed by atoms with van der Waals surface area (Å²) >= 11 is 12.2. The van der Waals surface area contributed by atoms with Crippen LogP contribution in [0, 0.1) is 0 Å². The fraction of sp³-hybridized carbons (Fsp3) is 0.222. The number of rotatable bonds is 6. The quantitative estimate of drug-likeness (QED) is 0.635. The van der Waals surface area contributed by atoms with Crippen LogP contribution in [0.25, 0.3) is 11.4 Å². The highest BCUT2D eigenvalue weighted by Crippen LogP contribution is 2.26. The fourth-order valence-electron chi connectivity index (χ4n) is 2.39. The predicted octanol–water partition coefficient (Wildman–Crippen LogP) is 4.03. The Hall–Kier alpha value is -2.44. The Kier molecular flexibility index (Phi) is 5.85. The third-order valence-electron chi connectivity index (χ3n) is 3.81. The molecule has 0 bridgehead atoms. The Balaban J connectivity index is 1.57. The summed E-state index contributed by atoms with van der Waals surface area (Å²) in [7, 11) is 1.72. The summed E-state index contributed by atoms with van der Waals surface area (Å²) in [6, 6.07) is 9.00. The zero-order valence-electron chi connectivity index (χ0n) is 14.0. The van der Waals surface area contributed by atoms with Crippen LogP contribution < -0.4 is 0 Å². The minimum Gasteiger partial charge on any atom is -0.341 e. The molecule has 134 valence electrons. The van der Waals surface area contributed by atoms with Crippen molar-refractivity contribution in [2.75, 3.05) is 7.05 Å². The lowest BCUT2D eigenvalue weighted by atomic mass is 10.2. The molecule has 0 saturated carbocycles. The van der Waals surface area contributed by atoms with E-state index in [2.05, 4.69) is 15.1 Å². The number of carbonyl (C=O) groups is 1. The van der Waals surface area contributed by atoms with Gasteiger partial charge in [0.05, 0.1) is 10.0 Å². The van der Waals surface area contributed by atoms with Crippen LogP contribution in [0.2, 0.25) is 10.0 Å². The summed E-state index contributed by atoms with van der Waals surface area (Å²) in [6.07, 6.45) is 3.94. The van der Waals surface area contributed by atoms with Crippen LogP contribution in [-0.2, 0) is 17.8 Å². The standard InChI is InChI=1S/C18H16Cl2N4O2/c1-24(11-13-4-2-6-14(19)17(13)20)16(25)8-7-15-22-18(23-26-15)12-5-3-9-21-10-12/h2-6,9-10H,7-8,11H2,1H3. The van der Waals surface area contributed by atoms with Crippen molar-refractivity contribution >= 4 is 29.1 Å². The normalized spacial score (nSPS) is 10.7. The van der Waals surface area contributed by atoms with Crippen LogP contribution in [0.5, 0.6) is 0 Å². The van der Waals surface area contributed by atoms with E-state index < -0.39 is 0 Å². The molecule has 1 aromatic carbocycles. The Morgan fingerprint density at radius 2 is 2.08 bits per heavy atom. The van der Waals surface area contributed by atoms with Gasteiger partial charge in [0.25, 0.3) is 0 Å². The Morgan fingerprint density at radius 1 is 1.23 bits per heavy atom. The van der Waals surface area contributed by atoms with Gasteiger partial charge < -0.3 is 9.42 Å². The lowest BCUT2D eigenvalue weighted by Gasteiger charge is -2.18. The molecule has 3 aromatic rings. The summed E-state index contributed by atoms with van der Waals surface area (Å²) in [4.78, 5) is 22.2. The monoisotopic (exact) mass is 390 g/mol. The minimum absolute atomic E-state index is 0.0535. The first kappa shape index (κ1) is 18.4. The molecule has 6 nitrogen and oxygen atoms in total. The molecule has 3 rings (SSSR count). The molecule has 0 aliphatic rings. The third-order valence-corrected chi connectivity index (χ3v) is 4.66. The van der Waals surface area contributed by atoms with Crippen LogP contribution in [-0.4, -0.2) is 33.0 Å². The van der Waals surface area contributed by atoms with Gasteiger partial charge in [0.1, 0.15) is 0 Å². The number of halogens is 2. The van der Waals surface area contributed by atoms with Gasteiger partial charge in [0, 0.05) is 44.4 Å². The van der Waals surface area contributed by atoms with Gasteiger partial charge in [0.2, 0.25) is 17.6 Å². The van der Waals surface area contributed by atoms with Crippen molar-refractivity contribution in [2.24, 2.45) is 0 Å². The van der Waals surface area contributed by atoms with E-state index in [0.717, 1.165) is 11.1 Å². The number of pyridine rings is 1. The summed E-state index contributed by atoms with van der Waals surface area (Å²) in [5.74, 6) is 0.813. The van der Waals surface area contributed by atoms with E-state index >= 15 is 0 Å². The summed E-state index contributed by atoms with van der Waals surface area (Å²) < 4.78 is 5.20. The first-order valence-corrected chi connectivity index (χ1v) is 8.70. The molecule has 2 heterocycles. The molecule has 0 fully saturated rings. The molecule has 0 N–H and O–H groups in total. The zero-order valence-corrected chi connectivity index (χ0v) is 15.5. The molecule has 0 aliphatic heterocycles. The van der Waals surface area contributed by atoms with Crippen LogP contribution in [0.3, 0.4) is 0 Å². The largest absolute Gasteiger partial charge is 0.341 e. The number of hydrogen-bond donors (Lipinski definition) is 0. The second-order valence-corrected chi connectivity index (χ2v) is 6.50. The summed E-state index contributed by atoms with van der Waals surface area (Å²) in [5.41, 5.74) is 1.56. The maximum atomic E-state index is 12.3. The maximum Gasteiger partial charge on any atom is 0.227 e. The molecular formula is C18H16Cl2N4O2. The average Bonchev–Trinajstić information content (AvgIpc) is 3.13. The van der Waals surface area contributed by atoms with Gasteiger partial charge in [-0.25, -0.2) is 0 Å². The summed E-state index contributed by atoms with van der Waals surface area (Å²) in [5, 5.41) is 4.85. The van der Waals surface area contributed by atoms with E-state index in [-0.39, 0.29) is 12.3 Å². The number of benzene rings is 1. The molecule has 0 unspecified atom stereocenters. The van der Waals surface area contributed by atoms with Crippen molar-refractivity contribution in [3.05, 3.63) is 64.2 Å². The molecule has 2 aromatic heterocycles. The van der Waals surface area contributed by atoms with E-state index in [4.69, 9.17) is 27.7 Å². The van der Waals surface area contributed by atoms with Gasteiger partial charge in [-0.1, -0.05) is 40.5 Å². The topological polar surface area (TPSA) is 72.1 Å². The average molecular weight is 391 g/mol. The molecule has 0 spiro atoms. The maximum absolute atomic E-state index is 12.3. The Bertz CT molecular complexity index is 899. The molecule has 0 aliphatic carbocycles. The lowest BCUT2D eigenvalue weighted by molar-refractivity contribution is -0.130. The van der Waals surface area contributed by atoms with E-state index in [1.165, 1.54) is 0 Å². The van der Waals surface area contributed by atoms with E-state index in [1.54, 1.807) is 42.5 Å². The molecular weight excluding hydrogens is 375 g/mol. The minimum atomic E-state index is -0.0535. The van der Waals surface area contributed by atoms with Crippen molar-refractivity contribution in [3.63, 3.8) is 0 Å². The molecule has 8 heteroatoms. The summed E-state index contributed by atoms with van der Waals surface area (Å²) in [6.45, 7) is 0.378. The van der Waals surface area contributed by atoms with Crippen LogP contribution in [0.15, 0.2) is 47.2 Å². The molecule has 0 saturated heterocycles. The van der Waals surface area contributed by atoms with Gasteiger partial charge in [-0.05, 0) is 23.8 Å². The number of amides is 1. The second kappa shape index (κ2) is 8.29. The number of carbonyl (C=O) groups excluding carboxylic acids is 1. The van der Waals surface area contributed by atoms with Gasteiger partial charge in [-0.3, -0.25) is 9.78 Å². The van der Waals surface area contributed by atoms with Gasteiger partial charge >= 0.3 is 0 Å². The van der Waals surface area contributed by atoms with Crippen LogP contribution in [0.1, 0.15) is 17.9 Å². The van der Waals surface area contributed by atoms with Gasteiger partial charge in [0.15, 0.2) is 0 Å². The first-order valence-electron chi connectivity index (χ1n) is 7.94. The molecule has 1 amide bonds. The van der Waals surface area contributed by atoms with Crippen LogP contribution in [0.4, 0.5) is 0 Å². The van der Waals surface area contributed by atoms with Crippen LogP contribution >= 0.6 is 23.2 Å².